The Hall–Kier alpha value is -2.19. The summed E-state index contributed by atoms with van der Waals surface area (Å²) in [5.74, 6) is 0.660. The summed E-state index contributed by atoms with van der Waals surface area (Å²) in [5, 5.41) is 0. The Morgan fingerprint density at radius 1 is 1.05 bits per heavy atom. The van der Waals surface area contributed by atoms with Gasteiger partial charge in [0.25, 0.3) is 10.0 Å². The Bertz CT molecular complexity index is 873. The fraction of sp³-hybridized carbons (Fsp3) is 0.0769. The SMILES string of the molecule is COc1ccc(NS(=O)(=O)c2ccc3nsnc3c2)cc1. The summed E-state index contributed by atoms with van der Waals surface area (Å²) in [4.78, 5) is 0.151. The van der Waals surface area contributed by atoms with Crippen molar-refractivity contribution in [1.82, 2.24) is 8.75 Å². The van der Waals surface area contributed by atoms with Crippen LogP contribution in [0.4, 0.5) is 5.69 Å². The van der Waals surface area contributed by atoms with E-state index < -0.39 is 10.0 Å². The number of anilines is 1. The molecule has 0 unspecified atom stereocenters. The fourth-order valence-corrected chi connectivity index (χ4v) is 3.40. The number of sulfonamides is 1. The van der Waals surface area contributed by atoms with Gasteiger partial charge in [0.1, 0.15) is 16.8 Å². The third kappa shape index (κ3) is 2.81. The monoisotopic (exact) mass is 321 g/mol. The van der Waals surface area contributed by atoms with Crippen LogP contribution in [0.5, 0.6) is 5.75 Å². The molecule has 0 atom stereocenters. The smallest absolute Gasteiger partial charge is 0.261 e. The highest BCUT2D eigenvalue weighted by molar-refractivity contribution is 7.92. The molecular weight excluding hydrogens is 310 g/mol. The Labute approximate surface area is 125 Å². The zero-order valence-electron chi connectivity index (χ0n) is 11.0. The minimum Gasteiger partial charge on any atom is -0.497 e. The summed E-state index contributed by atoms with van der Waals surface area (Å²) >= 11 is 1.05. The van der Waals surface area contributed by atoms with E-state index in [-0.39, 0.29) is 4.90 Å². The second-order valence-electron chi connectivity index (χ2n) is 4.25. The number of nitrogens with zero attached hydrogens (tertiary/aromatic N) is 2. The number of hydrogen-bond donors (Lipinski definition) is 1. The molecule has 0 aliphatic heterocycles. The Morgan fingerprint density at radius 2 is 1.76 bits per heavy atom. The van der Waals surface area contributed by atoms with Gasteiger partial charge in [-0.2, -0.15) is 8.75 Å². The van der Waals surface area contributed by atoms with Crippen molar-refractivity contribution in [2.24, 2.45) is 0 Å². The Morgan fingerprint density at radius 3 is 2.48 bits per heavy atom. The van der Waals surface area contributed by atoms with Crippen molar-refractivity contribution in [3.05, 3.63) is 42.5 Å². The first-order chi connectivity index (χ1) is 10.1. The third-order valence-corrected chi connectivity index (χ3v) is 4.81. The van der Waals surface area contributed by atoms with Crippen LogP contribution >= 0.6 is 11.7 Å². The second-order valence-corrected chi connectivity index (χ2v) is 6.46. The predicted molar refractivity (Wildman–Crippen MR) is 81.2 cm³/mol. The first kappa shape index (κ1) is 13.8. The highest BCUT2D eigenvalue weighted by atomic mass is 32.2. The van der Waals surface area contributed by atoms with Crippen molar-refractivity contribution in [3.63, 3.8) is 0 Å². The van der Waals surface area contributed by atoms with Gasteiger partial charge in [-0.3, -0.25) is 4.72 Å². The van der Waals surface area contributed by atoms with Crippen LogP contribution in [0.15, 0.2) is 47.4 Å². The van der Waals surface area contributed by atoms with E-state index in [1.807, 2.05) is 0 Å². The number of nitrogens with one attached hydrogen (secondary N) is 1. The van der Waals surface area contributed by atoms with Crippen LogP contribution in [0.1, 0.15) is 0 Å². The number of benzene rings is 2. The van der Waals surface area contributed by atoms with Crippen LogP contribution in [-0.2, 0) is 10.0 Å². The molecule has 0 bridgehead atoms. The Balaban J connectivity index is 1.91. The molecule has 0 aliphatic rings. The van der Waals surface area contributed by atoms with Crippen LogP contribution in [0.25, 0.3) is 11.0 Å². The van der Waals surface area contributed by atoms with Crippen molar-refractivity contribution in [1.29, 1.82) is 0 Å². The molecule has 0 aliphatic carbocycles. The van der Waals surface area contributed by atoms with Crippen molar-refractivity contribution >= 4 is 38.5 Å². The summed E-state index contributed by atoms with van der Waals surface area (Å²) in [6.45, 7) is 0. The highest BCUT2D eigenvalue weighted by Crippen LogP contribution is 2.21. The largest absolute Gasteiger partial charge is 0.497 e. The van der Waals surface area contributed by atoms with E-state index >= 15 is 0 Å². The number of ether oxygens (including phenoxy) is 1. The van der Waals surface area contributed by atoms with Gasteiger partial charge in [-0.05, 0) is 42.5 Å². The molecule has 1 heterocycles. The molecule has 0 saturated heterocycles. The molecular formula is C13H11N3O3S2. The molecule has 1 N–H and O–H groups in total. The van der Waals surface area contributed by atoms with Crippen LogP contribution in [0.3, 0.4) is 0 Å². The third-order valence-electron chi connectivity index (χ3n) is 2.88. The predicted octanol–water partition coefficient (Wildman–Crippen LogP) is 2.50. The van der Waals surface area contributed by atoms with Crippen LogP contribution in [-0.4, -0.2) is 24.3 Å². The minimum absolute atomic E-state index is 0.151. The van der Waals surface area contributed by atoms with Gasteiger partial charge >= 0.3 is 0 Å². The van der Waals surface area contributed by atoms with E-state index in [0.717, 1.165) is 11.7 Å². The second kappa shape index (κ2) is 5.30. The zero-order chi connectivity index (χ0) is 14.9. The molecule has 3 rings (SSSR count). The van der Waals surface area contributed by atoms with Gasteiger partial charge in [-0.25, -0.2) is 8.42 Å². The molecule has 0 amide bonds. The maximum absolute atomic E-state index is 12.3. The summed E-state index contributed by atoms with van der Waals surface area (Å²) < 4.78 is 40.3. The summed E-state index contributed by atoms with van der Waals surface area (Å²) in [5.41, 5.74) is 1.72. The quantitative estimate of drug-likeness (QED) is 0.798. The van der Waals surface area contributed by atoms with E-state index in [0.29, 0.717) is 22.5 Å². The topological polar surface area (TPSA) is 81.2 Å². The first-order valence-corrected chi connectivity index (χ1v) is 8.19. The van der Waals surface area contributed by atoms with Crippen LogP contribution in [0, 0.1) is 0 Å². The number of aromatic nitrogens is 2. The van der Waals surface area contributed by atoms with Gasteiger partial charge in [0.15, 0.2) is 0 Å². The minimum atomic E-state index is -3.66. The van der Waals surface area contributed by atoms with E-state index in [2.05, 4.69) is 13.5 Å². The molecule has 1 aromatic heterocycles. The number of rotatable bonds is 4. The Kier molecular flexibility index (Phi) is 3.48. The molecule has 0 spiro atoms. The molecule has 0 fully saturated rings. The zero-order valence-corrected chi connectivity index (χ0v) is 12.6. The summed E-state index contributed by atoms with van der Waals surface area (Å²) in [6, 6.07) is 11.3. The van der Waals surface area contributed by atoms with Crippen molar-refractivity contribution in [3.8, 4) is 5.75 Å². The maximum Gasteiger partial charge on any atom is 0.261 e. The number of methoxy groups -OCH3 is 1. The van der Waals surface area contributed by atoms with E-state index in [4.69, 9.17) is 4.74 Å². The van der Waals surface area contributed by atoms with Gasteiger partial charge in [0, 0.05) is 5.69 Å². The van der Waals surface area contributed by atoms with Gasteiger partial charge in [-0.15, -0.1) is 0 Å². The van der Waals surface area contributed by atoms with Crippen molar-refractivity contribution < 1.29 is 13.2 Å². The number of hydrogen-bond acceptors (Lipinski definition) is 6. The molecule has 8 heteroatoms. The van der Waals surface area contributed by atoms with Gasteiger partial charge < -0.3 is 4.74 Å². The molecule has 6 nitrogen and oxygen atoms in total. The van der Waals surface area contributed by atoms with Crippen LogP contribution < -0.4 is 9.46 Å². The van der Waals surface area contributed by atoms with Gasteiger partial charge in [-0.1, -0.05) is 0 Å². The molecule has 3 aromatic rings. The van der Waals surface area contributed by atoms with Crippen molar-refractivity contribution in [2.75, 3.05) is 11.8 Å². The molecule has 0 saturated carbocycles. The van der Waals surface area contributed by atoms with E-state index in [1.54, 1.807) is 37.4 Å². The lowest BCUT2D eigenvalue weighted by atomic mass is 10.3. The standard InChI is InChI=1S/C13H11N3O3S2/c1-19-10-4-2-9(3-5-10)16-21(17,18)11-6-7-12-13(8-11)15-20-14-12/h2-8,16H,1H3. The number of fused-ring (bicyclic) bond motifs is 1. The van der Waals surface area contributed by atoms with E-state index in [9.17, 15) is 8.42 Å². The maximum atomic E-state index is 12.3. The highest BCUT2D eigenvalue weighted by Gasteiger charge is 2.15. The molecule has 108 valence electrons. The summed E-state index contributed by atoms with van der Waals surface area (Å²) in [7, 11) is -2.10. The molecule has 2 aromatic carbocycles. The van der Waals surface area contributed by atoms with Gasteiger partial charge in [0.2, 0.25) is 0 Å². The molecule has 0 radical (unpaired) electrons. The van der Waals surface area contributed by atoms with E-state index in [1.165, 1.54) is 12.1 Å². The lowest BCUT2D eigenvalue weighted by Crippen LogP contribution is -2.12. The lowest BCUT2D eigenvalue weighted by Gasteiger charge is -2.08. The van der Waals surface area contributed by atoms with Crippen molar-refractivity contribution in [2.45, 2.75) is 4.90 Å². The lowest BCUT2D eigenvalue weighted by molar-refractivity contribution is 0.415. The molecule has 21 heavy (non-hydrogen) atoms. The first-order valence-electron chi connectivity index (χ1n) is 5.98. The van der Waals surface area contributed by atoms with Crippen LogP contribution in [0.2, 0.25) is 0 Å². The fourth-order valence-electron chi connectivity index (χ4n) is 1.80. The normalized spacial score (nSPS) is 11.5. The average molecular weight is 321 g/mol. The summed E-state index contributed by atoms with van der Waals surface area (Å²) in [6.07, 6.45) is 0. The van der Waals surface area contributed by atoms with Gasteiger partial charge in [0.05, 0.1) is 23.7 Å². The average Bonchev–Trinajstić information content (AvgIpc) is 2.95.